The number of rotatable bonds is 4. The number of hydrogen-bond acceptors (Lipinski definition) is 3. The Balaban J connectivity index is 2.76. The normalized spacial score (nSPS) is 11.3. The molecule has 0 unspecified atom stereocenters. The SMILES string of the molecule is COC(=O)CCCn1cc(C(F)(F)F)ccc1=O. The smallest absolute Gasteiger partial charge is 0.417 e. The van der Waals surface area contributed by atoms with Crippen molar-refractivity contribution in [2.75, 3.05) is 7.11 Å². The lowest BCUT2D eigenvalue weighted by Gasteiger charge is -2.10. The number of esters is 1. The number of carbonyl (C=O) groups excluding carboxylic acids is 1. The molecule has 0 atom stereocenters. The molecule has 18 heavy (non-hydrogen) atoms. The number of halogens is 3. The van der Waals surface area contributed by atoms with Crippen LogP contribution in [0, 0.1) is 0 Å². The van der Waals surface area contributed by atoms with Crippen LogP contribution in [0.1, 0.15) is 18.4 Å². The molecule has 1 aromatic heterocycles. The van der Waals surface area contributed by atoms with Gasteiger partial charge in [-0.25, -0.2) is 0 Å². The molecule has 0 N–H and O–H groups in total. The standard InChI is InChI=1S/C11H12F3NO3/c1-18-10(17)3-2-6-15-7-8(11(12,13)14)4-5-9(15)16/h4-5,7H,2-3,6H2,1H3. The first kappa shape index (κ1) is 14.3. The van der Waals surface area contributed by atoms with Crippen LogP contribution in [0.4, 0.5) is 13.2 Å². The molecule has 0 aromatic carbocycles. The van der Waals surface area contributed by atoms with Gasteiger partial charge in [0.25, 0.3) is 5.56 Å². The van der Waals surface area contributed by atoms with Gasteiger partial charge >= 0.3 is 12.1 Å². The minimum absolute atomic E-state index is 0.0395. The number of aryl methyl sites for hydroxylation is 1. The summed E-state index contributed by atoms with van der Waals surface area (Å²) in [6, 6.07) is 1.60. The van der Waals surface area contributed by atoms with E-state index in [4.69, 9.17) is 0 Å². The van der Waals surface area contributed by atoms with E-state index in [1.807, 2.05) is 0 Å². The van der Waals surface area contributed by atoms with Crippen LogP contribution in [-0.2, 0) is 22.3 Å². The van der Waals surface area contributed by atoms with Crippen molar-refractivity contribution in [3.05, 3.63) is 34.2 Å². The minimum Gasteiger partial charge on any atom is -0.469 e. The highest BCUT2D eigenvalue weighted by Crippen LogP contribution is 2.28. The summed E-state index contributed by atoms with van der Waals surface area (Å²) in [5.41, 5.74) is -1.42. The molecule has 0 fully saturated rings. The maximum absolute atomic E-state index is 12.4. The van der Waals surface area contributed by atoms with E-state index in [1.165, 1.54) is 7.11 Å². The highest BCUT2D eigenvalue weighted by molar-refractivity contribution is 5.68. The van der Waals surface area contributed by atoms with Crippen LogP contribution < -0.4 is 5.56 Å². The second-order valence-electron chi connectivity index (χ2n) is 3.63. The first-order valence-corrected chi connectivity index (χ1v) is 5.19. The van der Waals surface area contributed by atoms with Crippen molar-refractivity contribution in [2.45, 2.75) is 25.6 Å². The van der Waals surface area contributed by atoms with Crippen LogP contribution in [0.3, 0.4) is 0 Å². The summed E-state index contributed by atoms with van der Waals surface area (Å²) in [6.45, 7) is 0.0395. The molecule has 1 aromatic rings. The second-order valence-corrected chi connectivity index (χ2v) is 3.63. The van der Waals surface area contributed by atoms with Crippen LogP contribution in [-0.4, -0.2) is 17.6 Å². The highest BCUT2D eigenvalue weighted by atomic mass is 19.4. The van der Waals surface area contributed by atoms with E-state index in [2.05, 4.69) is 4.74 Å². The predicted molar refractivity (Wildman–Crippen MR) is 57.0 cm³/mol. The summed E-state index contributed by atoms with van der Waals surface area (Å²) in [5.74, 6) is -0.463. The van der Waals surface area contributed by atoms with Gasteiger partial charge in [-0.1, -0.05) is 0 Å². The average molecular weight is 263 g/mol. The monoisotopic (exact) mass is 263 g/mol. The Kier molecular flexibility index (Phi) is 4.52. The van der Waals surface area contributed by atoms with E-state index in [0.29, 0.717) is 0 Å². The Morgan fingerprint density at radius 1 is 1.39 bits per heavy atom. The Bertz CT molecular complexity index is 479. The summed E-state index contributed by atoms with van der Waals surface area (Å²) >= 11 is 0. The fourth-order valence-corrected chi connectivity index (χ4v) is 1.37. The fourth-order valence-electron chi connectivity index (χ4n) is 1.37. The zero-order valence-corrected chi connectivity index (χ0v) is 9.66. The van der Waals surface area contributed by atoms with Crippen molar-refractivity contribution in [3.63, 3.8) is 0 Å². The molecule has 0 aliphatic rings. The molecular formula is C11H12F3NO3. The number of carbonyl (C=O) groups is 1. The Morgan fingerprint density at radius 3 is 2.61 bits per heavy atom. The van der Waals surface area contributed by atoms with Gasteiger partial charge in [-0.2, -0.15) is 13.2 Å². The van der Waals surface area contributed by atoms with Crippen molar-refractivity contribution in [1.29, 1.82) is 0 Å². The number of aromatic nitrogens is 1. The van der Waals surface area contributed by atoms with Crippen molar-refractivity contribution in [3.8, 4) is 0 Å². The van der Waals surface area contributed by atoms with Gasteiger partial charge in [-0.3, -0.25) is 9.59 Å². The second kappa shape index (κ2) is 5.70. The lowest BCUT2D eigenvalue weighted by Crippen LogP contribution is -2.21. The summed E-state index contributed by atoms with van der Waals surface area (Å²) in [4.78, 5) is 22.1. The molecule has 0 saturated heterocycles. The third kappa shape index (κ3) is 3.90. The predicted octanol–water partition coefficient (Wildman–Crippen LogP) is 1.82. The number of alkyl halides is 3. The average Bonchev–Trinajstić information content (AvgIpc) is 2.29. The molecule has 1 rings (SSSR count). The summed E-state index contributed by atoms with van der Waals surface area (Å²) in [6.07, 6.45) is -3.44. The fraction of sp³-hybridized carbons (Fsp3) is 0.455. The number of nitrogens with zero attached hydrogens (tertiary/aromatic N) is 1. The zero-order valence-electron chi connectivity index (χ0n) is 9.66. The summed E-state index contributed by atoms with van der Waals surface area (Å²) in [7, 11) is 1.22. The van der Waals surface area contributed by atoms with Gasteiger partial charge in [0.1, 0.15) is 0 Å². The molecule has 0 aliphatic carbocycles. The van der Waals surface area contributed by atoms with Gasteiger partial charge in [0.2, 0.25) is 0 Å². The van der Waals surface area contributed by atoms with Gasteiger partial charge in [0, 0.05) is 25.2 Å². The van der Waals surface area contributed by atoms with Crippen LogP contribution in [0.25, 0.3) is 0 Å². The number of methoxy groups -OCH3 is 1. The highest BCUT2D eigenvalue weighted by Gasteiger charge is 2.30. The molecule has 0 radical (unpaired) electrons. The number of hydrogen-bond donors (Lipinski definition) is 0. The van der Waals surface area contributed by atoms with Crippen molar-refractivity contribution in [1.82, 2.24) is 4.57 Å². The maximum Gasteiger partial charge on any atom is 0.417 e. The molecule has 0 amide bonds. The van der Waals surface area contributed by atoms with Crippen molar-refractivity contribution >= 4 is 5.97 Å². The van der Waals surface area contributed by atoms with Gasteiger partial charge in [-0.15, -0.1) is 0 Å². The molecule has 1 heterocycles. The minimum atomic E-state index is -4.49. The molecule has 0 saturated carbocycles. The molecule has 4 nitrogen and oxygen atoms in total. The lowest BCUT2D eigenvalue weighted by atomic mass is 10.2. The first-order chi connectivity index (χ1) is 8.34. The molecular weight excluding hydrogens is 251 g/mol. The van der Waals surface area contributed by atoms with Crippen molar-refractivity contribution < 1.29 is 22.7 Å². The number of ether oxygens (including phenoxy) is 1. The molecule has 100 valence electrons. The molecule has 0 spiro atoms. The molecule has 0 aliphatic heterocycles. The maximum atomic E-state index is 12.4. The number of pyridine rings is 1. The van der Waals surface area contributed by atoms with E-state index in [-0.39, 0.29) is 19.4 Å². The Hall–Kier alpha value is -1.79. The lowest BCUT2D eigenvalue weighted by molar-refractivity contribution is -0.141. The topological polar surface area (TPSA) is 48.3 Å². The van der Waals surface area contributed by atoms with E-state index in [0.717, 1.165) is 22.9 Å². The van der Waals surface area contributed by atoms with Crippen LogP contribution >= 0.6 is 0 Å². The van der Waals surface area contributed by atoms with Gasteiger partial charge in [0.05, 0.1) is 12.7 Å². The van der Waals surface area contributed by atoms with E-state index in [1.54, 1.807) is 0 Å². The van der Waals surface area contributed by atoms with Gasteiger partial charge < -0.3 is 9.30 Å². The third-order valence-corrected chi connectivity index (χ3v) is 2.32. The summed E-state index contributed by atoms with van der Waals surface area (Å²) < 4.78 is 42.6. The molecule has 0 bridgehead atoms. The summed E-state index contributed by atoms with van der Waals surface area (Å²) in [5, 5.41) is 0. The van der Waals surface area contributed by atoms with E-state index >= 15 is 0 Å². The van der Waals surface area contributed by atoms with Crippen LogP contribution in [0.15, 0.2) is 23.1 Å². The van der Waals surface area contributed by atoms with Gasteiger partial charge in [0.15, 0.2) is 0 Å². The zero-order chi connectivity index (χ0) is 13.8. The van der Waals surface area contributed by atoms with E-state index < -0.39 is 23.3 Å². The third-order valence-electron chi connectivity index (χ3n) is 2.32. The Morgan fingerprint density at radius 2 is 2.06 bits per heavy atom. The largest absolute Gasteiger partial charge is 0.469 e. The van der Waals surface area contributed by atoms with Crippen LogP contribution in [0.5, 0.6) is 0 Å². The van der Waals surface area contributed by atoms with Crippen molar-refractivity contribution in [2.24, 2.45) is 0 Å². The van der Waals surface area contributed by atoms with Crippen LogP contribution in [0.2, 0.25) is 0 Å². The Labute approximate surface area is 101 Å². The quantitative estimate of drug-likeness (QED) is 0.778. The molecule has 7 heteroatoms. The first-order valence-electron chi connectivity index (χ1n) is 5.19. The van der Waals surface area contributed by atoms with Gasteiger partial charge in [-0.05, 0) is 12.5 Å². The van der Waals surface area contributed by atoms with E-state index in [9.17, 15) is 22.8 Å².